The van der Waals surface area contributed by atoms with Gasteiger partial charge in [-0.05, 0) is 13.8 Å². The molecule has 0 bridgehead atoms. The second kappa shape index (κ2) is 2.64. The summed E-state index contributed by atoms with van der Waals surface area (Å²) >= 11 is 0. The van der Waals surface area contributed by atoms with Gasteiger partial charge in [0.25, 0.3) is 0 Å². The maximum absolute atomic E-state index is 5.61. The van der Waals surface area contributed by atoms with Crippen LogP contribution in [0.4, 0.5) is 0 Å². The SMILES string of the molecule is CC1CN(N)CC(C)N1. The molecule has 9 heavy (non-hydrogen) atoms. The summed E-state index contributed by atoms with van der Waals surface area (Å²) in [6.07, 6.45) is 0. The molecule has 1 rings (SSSR count). The van der Waals surface area contributed by atoms with E-state index < -0.39 is 0 Å². The highest BCUT2D eigenvalue weighted by atomic mass is 15.4. The average Bonchev–Trinajstić information content (AvgIpc) is 1.59. The molecule has 0 aromatic carbocycles. The lowest BCUT2D eigenvalue weighted by Crippen LogP contribution is -2.56. The summed E-state index contributed by atoms with van der Waals surface area (Å²) < 4.78 is 0. The minimum atomic E-state index is 0.541. The van der Waals surface area contributed by atoms with Gasteiger partial charge in [0.15, 0.2) is 0 Å². The molecule has 1 heterocycles. The fourth-order valence-corrected chi connectivity index (χ4v) is 1.37. The molecule has 3 N–H and O–H groups in total. The third-order valence-corrected chi connectivity index (χ3v) is 1.59. The second-order valence-electron chi connectivity index (χ2n) is 2.92. The van der Waals surface area contributed by atoms with E-state index in [-0.39, 0.29) is 0 Å². The van der Waals surface area contributed by atoms with Crippen LogP contribution in [-0.2, 0) is 0 Å². The fraction of sp³-hybridized carbons (Fsp3) is 1.00. The number of hydrogen-bond donors (Lipinski definition) is 2. The van der Waals surface area contributed by atoms with Gasteiger partial charge in [0.05, 0.1) is 0 Å². The standard InChI is InChI=1S/C6H15N3/c1-5-3-9(7)4-6(2)8-5/h5-6,8H,3-4,7H2,1-2H3. The molecule has 0 aromatic heterocycles. The summed E-state index contributed by atoms with van der Waals surface area (Å²) in [5.74, 6) is 5.61. The summed E-state index contributed by atoms with van der Waals surface area (Å²) in [6, 6.07) is 1.08. The van der Waals surface area contributed by atoms with Crippen LogP contribution in [0.1, 0.15) is 13.8 Å². The number of piperazine rings is 1. The van der Waals surface area contributed by atoms with Crippen molar-refractivity contribution in [2.45, 2.75) is 25.9 Å². The third-order valence-electron chi connectivity index (χ3n) is 1.59. The van der Waals surface area contributed by atoms with Crippen LogP contribution < -0.4 is 11.2 Å². The number of nitrogens with one attached hydrogen (secondary N) is 1. The molecule has 3 heteroatoms. The molecule has 0 radical (unpaired) electrons. The molecule has 0 aliphatic carbocycles. The lowest BCUT2D eigenvalue weighted by atomic mass is 10.2. The fourth-order valence-electron chi connectivity index (χ4n) is 1.37. The van der Waals surface area contributed by atoms with Crippen molar-refractivity contribution in [3.05, 3.63) is 0 Å². The lowest BCUT2D eigenvalue weighted by molar-refractivity contribution is 0.177. The largest absolute Gasteiger partial charge is 0.309 e. The van der Waals surface area contributed by atoms with Crippen molar-refractivity contribution in [2.24, 2.45) is 5.84 Å². The molecular weight excluding hydrogens is 114 g/mol. The first-order chi connectivity index (χ1) is 4.18. The smallest absolute Gasteiger partial charge is 0.0280 e. The van der Waals surface area contributed by atoms with E-state index >= 15 is 0 Å². The van der Waals surface area contributed by atoms with Crippen LogP contribution in [0.25, 0.3) is 0 Å². The highest BCUT2D eigenvalue weighted by Gasteiger charge is 2.17. The lowest BCUT2D eigenvalue weighted by Gasteiger charge is -2.32. The Labute approximate surface area is 56.2 Å². The Kier molecular flexibility index (Phi) is 2.05. The number of rotatable bonds is 0. The van der Waals surface area contributed by atoms with E-state index in [4.69, 9.17) is 5.84 Å². The second-order valence-corrected chi connectivity index (χ2v) is 2.92. The Hall–Kier alpha value is -0.120. The van der Waals surface area contributed by atoms with E-state index in [1.807, 2.05) is 5.01 Å². The molecule has 0 spiro atoms. The van der Waals surface area contributed by atoms with Crippen molar-refractivity contribution in [3.63, 3.8) is 0 Å². The van der Waals surface area contributed by atoms with Gasteiger partial charge in [-0.25, -0.2) is 5.01 Å². The van der Waals surface area contributed by atoms with Gasteiger partial charge < -0.3 is 5.32 Å². The van der Waals surface area contributed by atoms with Gasteiger partial charge in [0.2, 0.25) is 0 Å². The van der Waals surface area contributed by atoms with Crippen LogP contribution in [0.5, 0.6) is 0 Å². The zero-order valence-corrected chi connectivity index (χ0v) is 6.09. The molecule has 0 saturated carbocycles. The quantitative estimate of drug-likeness (QED) is 0.435. The van der Waals surface area contributed by atoms with E-state index in [2.05, 4.69) is 19.2 Å². The highest BCUT2D eigenvalue weighted by molar-refractivity contribution is 4.77. The average molecular weight is 129 g/mol. The summed E-state index contributed by atoms with van der Waals surface area (Å²) in [6.45, 7) is 6.22. The number of nitrogens with zero attached hydrogens (tertiary/aromatic N) is 1. The maximum Gasteiger partial charge on any atom is 0.0280 e. The van der Waals surface area contributed by atoms with Gasteiger partial charge in [0, 0.05) is 25.2 Å². The van der Waals surface area contributed by atoms with E-state index in [9.17, 15) is 0 Å². The van der Waals surface area contributed by atoms with Crippen molar-refractivity contribution in [1.82, 2.24) is 10.3 Å². The van der Waals surface area contributed by atoms with Gasteiger partial charge in [0.1, 0.15) is 0 Å². The first kappa shape index (κ1) is 6.99. The van der Waals surface area contributed by atoms with Crippen molar-refractivity contribution in [3.8, 4) is 0 Å². The number of hydrogen-bond acceptors (Lipinski definition) is 3. The Bertz CT molecular complexity index is 69.3. The number of hydrazine groups is 1. The Balaban J connectivity index is 2.34. The zero-order chi connectivity index (χ0) is 6.85. The van der Waals surface area contributed by atoms with Crippen LogP contribution in [0.15, 0.2) is 0 Å². The minimum Gasteiger partial charge on any atom is -0.309 e. The molecule has 54 valence electrons. The molecule has 3 nitrogen and oxygen atoms in total. The van der Waals surface area contributed by atoms with E-state index in [1.165, 1.54) is 0 Å². The molecule has 1 aliphatic rings. The molecule has 2 unspecified atom stereocenters. The molecule has 0 aromatic rings. The Morgan fingerprint density at radius 2 is 1.78 bits per heavy atom. The van der Waals surface area contributed by atoms with Crippen LogP contribution in [0.3, 0.4) is 0 Å². The summed E-state index contributed by atoms with van der Waals surface area (Å²) in [5, 5.41) is 5.25. The van der Waals surface area contributed by atoms with Crippen LogP contribution in [-0.4, -0.2) is 30.2 Å². The van der Waals surface area contributed by atoms with E-state index in [0.717, 1.165) is 13.1 Å². The van der Waals surface area contributed by atoms with Gasteiger partial charge in [-0.1, -0.05) is 0 Å². The van der Waals surface area contributed by atoms with Crippen LogP contribution >= 0.6 is 0 Å². The van der Waals surface area contributed by atoms with Crippen molar-refractivity contribution in [2.75, 3.05) is 13.1 Å². The van der Waals surface area contributed by atoms with E-state index in [1.54, 1.807) is 0 Å². The predicted molar refractivity (Wildman–Crippen MR) is 37.8 cm³/mol. The van der Waals surface area contributed by atoms with Gasteiger partial charge in [-0.15, -0.1) is 0 Å². The van der Waals surface area contributed by atoms with E-state index in [0.29, 0.717) is 12.1 Å². The molecule has 1 aliphatic heterocycles. The van der Waals surface area contributed by atoms with Gasteiger partial charge in [-0.2, -0.15) is 0 Å². The van der Waals surface area contributed by atoms with Gasteiger partial charge in [-0.3, -0.25) is 5.84 Å². The maximum atomic E-state index is 5.61. The van der Waals surface area contributed by atoms with Crippen molar-refractivity contribution in [1.29, 1.82) is 0 Å². The van der Waals surface area contributed by atoms with Crippen LogP contribution in [0.2, 0.25) is 0 Å². The van der Waals surface area contributed by atoms with Crippen molar-refractivity contribution >= 4 is 0 Å². The third kappa shape index (κ3) is 1.93. The molecule has 1 fully saturated rings. The zero-order valence-electron chi connectivity index (χ0n) is 6.09. The molecular formula is C6H15N3. The molecule has 0 amide bonds. The Morgan fingerprint density at radius 3 is 2.11 bits per heavy atom. The molecule has 1 saturated heterocycles. The normalized spacial score (nSPS) is 39.0. The predicted octanol–water partition coefficient (Wildman–Crippen LogP) is -0.458. The number of nitrogens with two attached hydrogens (primary N) is 1. The highest BCUT2D eigenvalue weighted by Crippen LogP contribution is 1.97. The Morgan fingerprint density at radius 1 is 1.33 bits per heavy atom. The summed E-state index contributed by atoms with van der Waals surface area (Å²) in [7, 11) is 0. The molecule has 2 atom stereocenters. The summed E-state index contributed by atoms with van der Waals surface area (Å²) in [4.78, 5) is 0. The summed E-state index contributed by atoms with van der Waals surface area (Å²) in [5.41, 5.74) is 0. The van der Waals surface area contributed by atoms with Gasteiger partial charge >= 0.3 is 0 Å². The monoisotopic (exact) mass is 129 g/mol. The first-order valence-electron chi connectivity index (χ1n) is 3.44. The van der Waals surface area contributed by atoms with Crippen LogP contribution in [0, 0.1) is 0 Å². The first-order valence-corrected chi connectivity index (χ1v) is 3.44. The van der Waals surface area contributed by atoms with Crippen molar-refractivity contribution < 1.29 is 0 Å². The minimum absolute atomic E-state index is 0.541. The topological polar surface area (TPSA) is 41.3 Å².